The van der Waals surface area contributed by atoms with Crippen LogP contribution < -0.4 is 10.1 Å². The van der Waals surface area contributed by atoms with Crippen molar-refractivity contribution in [2.75, 3.05) is 21.3 Å². The van der Waals surface area contributed by atoms with Crippen molar-refractivity contribution in [3.63, 3.8) is 0 Å². The Morgan fingerprint density at radius 1 is 1.21 bits per heavy atom. The maximum Gasteiger partial charge on any atom is 0.169 e. The third kappa shape index (κ3) is 3.45. The summed E-state index contributed by atoms with van der Waals surface area (Å²) in [7, 11) is 4.92. The van der Waals surface area contributed by atoms with Crippen molar-refractivity contribution < 1.29 is 13.9 Å². The Morgan fingerprint density at radius 3 is 2.26 bits per heavy atom. The molecule has 4 heteroatoms. The quantitative estimate of drug-likeness (QED) is 0.890. The Balaban J connectivity index is 3.23. The van der Waals surface area contributed by atoms with Crippen molar-refractivity contribution >= 4 is 0 Å². The third-order valence-corrected chi connectivity index (χ3v) is 3.27. The topological polar surface area (TPSA) is 30.5 Å². The molecule has 0 aliphatic carbocycles. The van der Waals surface area contributed by atoms with E-state index in [0.717, 1.165) is 0 Å². The molecule has 1 aromatic carbocycles. The molecule has 0 spiro atoms. The molecular weight excluding hydrogens is 245 g/mol. The van der Waals surface area contributed by atoms with E-state index in [4.69, 9.17) is 9.47 Å². The van der Waals surface area contributed by atoms with Gasteiger partial charge in [0.2, 0.25) is 0 Å². The van der Waals surface area contributed by atoms with Crippen molar-refractivity contribution in [2.24, 2.45) is 5.41 Å². The van der Waals surface area contributed by atoms with Gasteiger partial charge in [0.15, 0.2) is 11.6 Å². The van der Waals surface area contributed by atoms with Gasteiger partial charge < -0.3 is 14.8 Å². The Hall–Kier alpha value is -1.13. The van der Waals surface area contributed by atoms with Crippen LogP contribution in [0, 0.1) is 11.2 Å². The molecule has 0 fully saturated rings. The summed E-state index contributed by atoms with van der Waals surface area (Å²) < 4.78 is 25.0. The first kappa shape index (κ1) is 15.9. The third-order valence-electron chi connectivity index (χ3n) is 3.27. The molecule has 0 aliphatic heterocycles. The summed E-state index contributed by atoms with van der Waals surface area (Å²) in [5, 5.41) is 3.15. The summed E-state index contributed by atoms with van der Waals surface area (Å²) in [6.07, 6.45) is -0.154. The number of benzene rings is 1. The van der Waals surface area contributed by atoms with Crippen LogP contribution in [0.15, 0.2) is 18.2 Å². The summed E-state index contributed by atoms with van der Waals surface area (Å²) in [5.74, 6) is -0.0860. The summed E-state index contributed by atoms with van der Waals surface area (Å²) in [4.78, 5) is 0. The molecule has 1 rings (SSSR count). The van der Waals surface area contributed by atoms with Crippen LogP contribution in [0.3, 0.4) is 0 Å². The molecule has 108 valence electrons. The van der Waals surface area contributed by atoms with Gasteiger partial charge in [0, 0.05) is 12.7 Å². The second-order valence-electron chi connectivity index (χ2n) is 5.65. The Bertz CT molecular complexity index is 415. The van der Waals surface area contributed by atoms with Crippen LogP contribution in [-0.2, 0) is 4.74 Å². The predicted molar refractivity (Wildman–Crippen MR) is 75.0 cm³/mol. The molecule has 0 aliphatic rings. The molecule has 0 bridgehead atoms. The van der Waals surface area contributed by atoms with E-state index in [1.807, 2.05) is 0 Å². The van der Waals surface area contributed by atoms with Gasteiger partial charge in [-0.2, -0.15) is 0 Å². The zero-order valence-electron chi connectivity index (χ0n) is 12.6. The lowest BCUT2D eigenvalue weighted by Gasteiger charge is -2.36. The lowest BCUT2D eigenvalue weighted by molar-refractivity contribution is -0.0110. The Morgan fingerprint density at radius 2 is 1.84 bits per heavy atom. The zero-order valence-corrected chi connectivity index (χ0v) is 12.6. The average Bonchev–Trinajstić information content (AvgIpc) is 2.35. The number of nitrogens with one attached hydrogen (secondary N) is 1. The molecule has 0 amide bonds. The van der Waals surface area contributed by atoms with E-state index in [0.29, 0.717) is 5.56 Å². The maximum absolute atomic E-state index is 14.4. The highest BCUT2D eigenvalue weighted by atomic mass is 19.1. The lowest BCUT2D eigenvalue weighted by Crippen LogP contribution is -2.40. The van der Waals surface area contributed by atoms with Gasteiger partial charge in [0.1, 0.15) is 0 Å². The number of ether oxygens (including phenoxy) is 2. The van der Waals surface area contributed by atoms with Crippen molar-refractivity contribution in [1.82, 2.24) is 5.32 Å². The van der Waals surface area contributed by atoms with Crippen LogP contribution in [0.4, 0.5) is 4.39 Å². The van der Waals surface area contributed by atoms with Gasteiger partial charge in [0.05, 0.1) is 19.3 Å². The first-order chi connectivity index (χ1) is 8.86. The summed E-state index contributed by atoms with van der Waals surface area (Å²) in [6.45, 7) is 6.22. The number of halogens is 1. The van der Waals surface area contributed by atoms with Crippen LogP contribution in [0.2, 0.25) is 0 Å². The fourth-order valence-corrected chi connectivity index (χ4v) is 2.39. The van der Waals surface area contributed by atoms with E-state index >= 15 is 0 Å². The Kier molecular flexibility index (Phi) is 5.32. The standard InChI is InChI=1S/C15H24FNO2/c1-15(2,3)14(19-6)13(17-4)10-8-7-9-11(18-5)12(10)16/h7-9,13-14,17H,1-6H3. The predicted octanol–water partition coefficient (Wildman–Crippen LogP) is 3.16. The SMILES string of the molecule is CNC(c1cccc(OC)c1F)C(OC)C(C)(C)C. The summed E-state index contributed by atoms with van der Waals surface area (Å²) in [5.41, 5.74) is 0.446. The second kappa shape index (κ2) is 6.35. The monoisotopic (exact) mass is 269 g/mol. The van der Waals surface area contributed by atoms with Crippen LogP contribution in [-0.4, -0.2) is 27.4 Å². The van der Waals surface area contributed by atoms with E-state index in [-0.39, 0.29) is 29.1 Å². The van der Waals surface area contributed by atoms with Crippen LogP contribution in [0.5, 0.6) is 5.75 Å². The maximum atomic E-state index is 14.4. The minimum absolute atomic E-state index is 0.113. The van der Waals surface area contributed by atoms with Crippen molar-refractivity contribution in [3.05, 3.63) is 29.6 Å². The van der Waals surface area contributed by atoms with Crippen LogP contribution >= 0.6 is 0 Å². The van der Waals surface area contributed by atoms with Gasteiger partial charge in [-0.3, -0.25) is 0 Å². The highest BCUT2D eigenvalue weighted by Crippen LogP contribution is 2.35. The van der Waals surface area contributed by atoms with Gasteiger partial charge >= 0.3 is 0 Å². The van der Waals surface area contributed by atoms with Gasteiger partial charge in [-0.15, -0.1) is 0 Å². The molecule has 0 aromatic heterocycles. The smallest absolute Gasteiger partial charge is 0.169 e. The fraction of sp³-hybridized carbons (Fsp3) is 0.600. The number of methoxy groups -OCH3 is 2. The van der Waals surface area contributed by atoms with E-state index in [2.05, 4.69) is 26.1 Å². The van der Waals surface area contributed by atoms with Crippen molar-refractivity contribution in [2.45, 2.75) is 32.9 Å². The van der Waals surface area contributed by atoms with E-state index < -0.39 is 0 Å². The van der Waals surface area contributed by atoms with Crippen molar-refractivity contribution in [3.8, 4) is 5.75 Å². The van der Waals surface area contributed by atoms with E-state index in [1.165, 1.54) is 7.11 Å². The lowest BCUT2D eigenvalue weighted by atomic mass is 9.82. The highest BCUT2D eigenvalue weighted by molar-refractivity contribution is 5.33. The molecule has 0 radical (unpaired) electrons. The highest BCUT2D eigenvalue weighted by Gasteiger charge is 2.34. The van der Waals surface area contributed by atoms with Crippen LogP contribution in [0.1, 0.15) is 32.4 Å². The molecule has 19 heavy (non-hydrogen) atoms. The first-order valence-electron chi connectivity index (χ1n) is 6.39. The van der Waals surface area contributed by atoms with Crippen LogP contribution in [0.25, 0.3) is 0 Å². The molecule has 1 aromatic rings. The number of likely N-dealkylation sites (N-methyl/N-ethyl adjacent to an activating group) is 1. The molecule has 0 saturated heterocycles. The molecule has 3 nitrogen and oxygen atoms in total. The van der Waals surface area contributed by atoms with E-state index in [9.17, 15) is 4.39 Å². The molecule has 1 N–H and O–H groups in total. The largest absolute Gasteiger partial charge is 0.494 e. The minimum atomic E-state index is -0.337. The van der Waals surface area contributed by atoms with Gasteiger partial charge in [-0.25, -0.2) is 4.39 Å². The normalized spacial score (nSPS) is 15.1. The van der Waals surface area contributed by atoms with Crippen molar-refractivity contribution in [1.29, 1.82) is 0 Å². The molecule has 2 atom stereocenters. The summed E-state index contributed by atoms with van der Waals surface area (Å²) >= 11 is 0. The van der Waals surface area contributed by atoms with E-state index in [1.54, 1.807) is 32.4 Å². The second-order valence-corrected chi connectivity index (χ2v) is 5.65. The average molecular weight is 269 g/mol. The fourth-order valence-electron chi connectivity index (χ4n) is 2.39. The molecule has 2 unspecified atom stereocenters. The number of rotatable bonds is 5. The summed E-state index contributed by atoms with van der Waals surface area (Å²) in [6, 6.07) is 4.93. The Labute approximate surface area is 115 Å². The first-order valence-corrected chi connectivity index (χ1v) is 6.39. The minimum Gasteiger partial charge on any atom is -0.494 e. The molecule has 0 heterocycles. The number of hydrogen-bond acceptors (Lipinski definition) is 3. The zero-order chi connectivity index (χ0) is 14.6. The van der Waals surface area contributed by atoms with Gasteiger partial charge in [-0.1, -0.05) is 32.9 Å². The van der Waals surface area contributed by atoms with Gasteiger partial charge in [0.25, 0.3) is 0 Å². The van der Waals surface area contributed by atoms with Gasteiger partial charge in [-0.05, 0) is 18.5 Å². The molecule has 0 saturated carbocycles. The molecular formula is C15H24FNO2. The number of hydrogen-bond donors (Lipinski definition) is 1.